The number of aliphatic hydroxyl groups excluding tert-OH is 2. The second kappa shape index (κ2) is 7.09. The van der Waals surface area contributed by atoms with Gasteiger partial charge in [0, 0.05) is 18.6 Å². The Morgan fingerprint density at radius 2 is 1.84 bits per heavy atom. The predicted molar refractivity (Wildman–Crippen MR) is 67.9 cm³/mol. The van der Waals surface area contributed by atoms with Gasteiger partial charge in [-0.3, -0.25) is 9.59 Å². The fraction of sp³-hybridized carbons (Fsp3) is 0.214. The van der Waals surface area contributed by atoms with Crippen molar-refractivity contribution >= 4 is 17.3 Å². The van der Waals surface area contributed by atoms with Gasteiger partial charge in [-0.15, -0.1) is 0 Å². The summed E-state index contributed by atoms with van der Waals surface area (Å²) < 4.78 is 0. The van der Waals surface area contributed by atoms with E-state index < -0.39 is 22.9 Å². The van der Waals surface area contributed by atoms with Gasteiger partial charge < -0.3 is 10.2 Å². The summed E-state index contributed by atoms with van der Waals surface area (Å²) in [5.41, 5.74) is -0.281. The van der Waals surface area contributed by atoms with Crippen molar-refractivity contribution in [2.45, 2.75) is 12.8 Å². The van der Waals surface area contributed by atoms with E-state index in [9.17, 15) is 14.7 Å². The van der Waals surface area contributed by atoms with Crippen LogP contribution in [-0.2, 0) is 9.59 Å². The van der Waals surface area contributed by atoms with Crippen LogP contribution >= 0.6 is 0 Å². The molecule has 0 amide bonds. The summed E-state index contributed by atoms with van der Waals surface area (Å²) >= 11 is 0. The lowest BCUT2D eigenvalue weighted by Gasteiger charge is -2.03. The number of rotatable bonds is 6. The predicted octanol–water partition coefficient (Wildman–Crippen LogP) is 1.39. The SMILES string of the molecule is N#C/C(C(=O)C(=O)CCCO)=C(/O)c1ccccc1. The molecular formula is C14H13NO4. The molecule has 0 atom stereocenters. The summed E-state index contributed by atoms with van der Waals surface area (Å²) in [6.07, 6.45) is -0.00202. The van der Waals surface area contributed by atoms with Crippen molar-refractivity contribution in [3.05, 3.63) is 41.5 Å². The second-order valence-electron chi connectivity index (χ2n) is 3.78. The van der Waals surface area contributed by atoms with Crippen LogP contribution < -0.4 is 0 Å². The van der Waals surface area contributed by atoms with Gasteiger partial charge in [0.15, 0.2) is 0 Å². The molecule has 0 spiro atoms. The highest BCUT2D eigenvalue weighted by molar-refractivity contribution is 6.45. The highest BCUT2D eigenvalue weighted by Gasteiger charge is 2.22. The minimum absolute atomic E-state index is 0.148. The third-order valence-corrected chi connectivity index (χ3v) is 2.44. The van der Waals surface area contributed by atoms with Crippen molar-refractivity contribution in [1.82, 2.24) is 0 Å². The average Bonchev–Trinajstić information content (AvgIpc) is 2.46. The van der Waals surface area contributed by atoms with Crippen molar-refractivity contribution in [2.24, 2.45) is 0 Å². The molecule has 5 nitrogen and oxygen atoms in total. The minimum Gasteiger partial charge on any atom is -0.506 e. The molecule has 0 aliphatic rings. The van der Waals surface area contributed by atoms with Crippen LogP contribution in [0, 0.1) is 11.3 Å². The topological polar surface area (TPSA) is 98.4 Å². The summed E-state index contributed by atoms with van der Waals surface area (Å²) in [7, 11) is 0. The van der Waals surface area contributed by atoms with E-state index in [2.05, 4.69) is 0 Å². The van der Waals surface area contributed by atoms with Crippen molar-refractivity contribution < 1.29 is 19.8 Å². The van der Waals surface area contributed by atoms with E-state index in [-0.39, 0.29) is 19.4 Å². The number of ketones is 2. The molecule has 0 aliphatic heterocycles. The molecule has 19 heavy (non-hydrogen) atoms. The van der Waals surface area contributed by atoms with Gasteiger partial charge in [-0.2, -0.15) is 5.26 Å². The molecule has 1 rings (SSSR count). The highest BCUT2D eigenvalue weighted by atomic mass is 16.3. The molecule has 0 heterocycles. The van der Waals surface area contributed by atoms with Gasteiger partial charge in [0.2, 0.25) is 11.6 Å². The van der Waals surface area contributed by atoms with Crippen molar-refractivity contribution in [3.63, 3.8) is 0 Å². The van der Waals surface area contributed by atoms with Gasteiger partial charge in [-0.25, -0.2) is 0 Å². The molecule has 1 aromatic rings. The Morgan fingerprint density at radius 1 is 1.21 bits per heavy atom. The first-order valence-electron chi connectivity index (χ1n) is 5.69. The maximum absolute atomic E-state index is 11.7. The lowest BCUT2D eigenvalue weighted by atomic mass is 10.0. The number of Topliss-reactive ketones (excluding diaryl/α,β-unsaturated/α-hetero) is 2. The fourth-order valence-electron chi connectivity index (χ4n) is 1.44. The van der Waals surface area contributed by atoms with Gasteiger partial charge in [-0.1, -0.05) is 30.3 Å². The number of hydrogen-bond donors (Lipinski definition) is 2. The zero-order valence-corrected chi connectivity index (χ0v) is 10.2. The third kappa shape index (κ3) is 3.76. The largest absolute Gasteiger partial charge is 0.506 e. The first-order valence-corrected chi connectivity index (χ1v) is 5.69. The lowest BCUT2D eigenvalue weighted by Crippen LogP contribution is -2.17. The summed E-state index contributed by atoms with van der Waals surface area (Å²) in [4.78, 5) is 23.2. The molecule has 98 valence electrons. The van der Waals surface area contributed by atoms with Crippen LogP contribution in [0.5, 0.6) is 0 Å². The Morgan fingerprint density at radius 3 is 2.37 bits per heavy atom. The molecule has 2 N–H and O–H groups in total. The average molecular weight is 259 g/mol. The van der Waals surface area contributed by atoms with Crippen LogP contribution in [0.3, 0.4) is 0 Å². The Hall–Kier alpha value is -2.45. The summed E-state index contributed by atoms with van der Waals surface area (Å²) in [6.45, 7) is -0.213. The first kappa shape index (κ1) is 14.6. The van der Waals surface area contributed by atoms with Crippen LogP contribution in [-0.4, -0.2) is 28.4 Å². The van der Waals surface area contributed by atoms with E-state index in [0.29, 0.717) is 5.56 Å². The molecule has 0 aliphatic carbocycles. The second-order valence-corrected chi connectivity index (χ2v) is 3.78. The van der Waals surface area contributed by atoms with E-state index >= 15 is 0 Å². The summed E-state index contributed by atoms with van der Waals surface area (Å²) in [6, 6.07) is 9.60. The Kier molecular flexibility index (Phi) is 5.45. The number of carbonyl (C=O) groups excluding carboxylic acids is 2. The molecule has 0 saturated heterocycles. The van der Waals surface area contributed by atoms with Crippen molar-refractivity contribution in [3.8, 4) is 6.07 Å². The molecule has 0 radical (unpaired) electrons. The van der Waals surface area contributed by atoms with E-state index in [0.717, 1.165) is 0 Å². The van der Waals surface area contributed by atoms with Crippen LogP contribution in [0.4, 0.5) is 0 Å². The van der Waals surface area contributed by atoms with Crippen molar-refractivity contribution in [2.75, 3.05) is 6.61 Å². The van der Waals surface area contributed by atoms with Crippen LogP contribution in [0.15, 0.2) is 35.9 Å². The number of carbonyl (C=O) groups is 2. The lowest BCUT2D eigenvalue weighted by molar-refractivity contribution is -0.134. The molecule has 0 bridgehead atoms. The number of hydrogen-bond acceptors (Lipinski definition) is 5. The first-order chi connectivity index (χ1) is 9.11. The maximum atomic E-state index is 11.7. The molecule has 0 aromatic heterocycles. The quantitative estimate of drug-likeness (QED) is 0.348. The number of nitriles is 1. The van der Waals surface area contributed by atoms with E-state index in [1.54, 1.807) is 24.3 Å². The molecule has 1 aromatic carbocycles. The Labute approximate surface area is 110 Å². The molecule has 0 unspecified atom stereocenters. The maximum Gasteiger partial charge on any atom is 0.242 e. The Bertz CT molecular complexity index is 540. The van der Waals surface area contributed by atoms with Crippen molar-refractivity contribution in [1.29, 1.82) is 5.26 Å². The van der Waals surface area contributed by atoms with Gasteiger partial charge in [0.25, 0.3) is 0 Å². The summed E-state index contributed by atoms with van der Waals surface area (Å²) in [5.74, 6) is -2.34. The summed E-state index contributed by atoms with van der Waals surface area (Å²) in [5, 5.41) is 27.4. The number of allylic oxidation sites excluding steroid dienone is 1. The zero-order valence-electron chi connectivity index (χ0n) is 10.2. The fourth-order valence-corrected chi connectivity index (χ4v) is 1.44. The van der Waals surface area contributed by atoms with Crippen LogP contribution in [0.25, 0.3) is 5.76 Å². The van der Waals surface area contributed by atoms with Crippen LogP contribution in [0.1, 0.15) is 18.4 Å². The van der Waals surface area contributed by atoms with E-state index in [4.69, 9.17) is 10.4 Å². The number of nitrogens with zero attached hydrogens (tertiary/aromatic N) is 1. The molecule has 0 saturated carbocycles. The smallest absolute Gasteiger partial charge is 0.242 e. The number of aliphatic hydroxyl groups is 2. The molecule has 0 fully saturated rings. The highest BCUT2D eigenvalue weighted by Crippen LogP contribution is 2.16. The Balaban J connectivity index is 3.04. The number of benzene rings is 1. The van der Waals surface area contributed by atoms with Gasteiger partial charge in [0.1, 0.15) is 17.4 Å². The van der Waals surface area contributed by atoms with E-state index in [1.165, 1.54) is 12.1 Å². The molecular weight excluding hydrogens is 246 g/mol. The van der Waals surface area contributed by atoms with Gasteiger partial charge in [-0.05, 0) is 6.42 Å². The van der Waals surface area contributed by atoms with Crippen LogP contribution in [0.2, 0.25) is 0 Å². The van der Waals surface area contributed by atoms with Gasteiger partial charge in [0.05, 0.1) is 0 Å². The normalized spacial score (nSPS) is 11.4. The van der Waals surface area contributed by atoms with E-state index in [1.807, 2.05) is 0 Å². The standard InChI is InChI=1S/C14H13NO4/c15-9-11(14(19)12(17)7-4-8-16)13(18)10-5-2-1-3-6-10/h1-3,5-6,16,18H,4,7-8H2/b13-11-. The monoisotopic (exact) mass is 259 g/mol. The third-order valence-electron chi connectivity index (χ3n) is 2.44. The zero-order chi connectivity index (χ0) is 14.3. The molecule has 5 heteroatoms. The minimum atomic E-state index is -1.03. The van der Waals surface area contributed by atoms with Gasteiger partial charge >= 0.3 is 0 Å².